The Bertz CT molecular complexity index is 715. The highest BCUT2D eigenvalue weighted by Gasteiger charge is 2.20. The van der Waals surface area contributed by atoms with Crippen molar-refractivity contribution in [3.63, 3.8) is 0 Å². The number of piperidine rings is 1. The van der Waals surface area contributed by atoms with Crippen LogP contribution in [-0.4, -0.2) is 41.7 Å². The maximum Gasteiger partial charge on any atom is 0.315 e. The fraction of sp³-hybridized carbons (Fsp3) is 0.429. The van der Waals surface area contributed by atoms with Crippen LogP contribution in [0.1, 0.15) is 30.9 Å². The van der Waals surface area contributed by atoms with E-state index in [4.69, 9.17) is 4.74 Å². The number of carbonyl (C=O) groups is 1. The molecule has 2 N–H and O–H groups in total. The lowest BCUT2D eigenvalue weighted by molar-refractivity contribution is 0.186. The summed E-state index contributed by atoms with van der Waals surface area (Å²) in [7, 11) is 0. The number of nitrogens with zero attached hydrogens (tertiary/aromatic N) is 2. The third kappa shape index (κ3) is 6.25. The molecular formula is C21H28N4O2. The first-order valence-corrected chi connectivity index (χ1v) is 9.60. The van der Waals surface area contributed by atoms with Gasteiger partial charge in [-0.1, -0.05) is 12.1 Å². The molecule has 6 heteroatoms. The molecule has 27 heavy (non-hydrogen) atoms. The molecule has 0 saturated carbocycles. The quantitative estimate of drug-likeness (QED) is 0.789. The predicted octanol–water partition coefficient (Wildman–Crippen LogP) is 2.94. The molecule has 0 unspecified atom stereocenters. The summed E-state index contributed by atoms with van der Waals surface area (Å²) in [6, 6.07) is 12.0. The fourth-order valence-electron chi connectivity index (χ4n) is 3.31. The minimum Gasteiger partial charge on any atom is -0.494 e. The molecule has 1 aliphatic rings. The van der Waals surface area contributed by atoms with Gasteiger partial charge in [0.2, 0.25) is 0 Å². The number of nitrogens with one attached hydrogen (secondary N) is 2. The third-order valence-corrected chi connectivity index (χ3v) is 4.74. The molecule has 2 aromatic rings. The highest BCUT2D eigenvalue weighted by atomic mass is 16.5. The lowest BCUT2D eigenvalue weighted by Crippen LogP contribution is -2.47. The van der Waals surface area contributed by atoms with Crippen molar-refractivity contribution in [2.24, 2.45) is 0 Å². The molecular weight excluding hydrogens is 340 g/mol. The van der Waals surface area contributed by atoms with Crippen molar-refractivity contribution < 1.29 is 9.53 Å². The van der Waals surface area contributed by atoms with Gasteiger partial charge in [0.25, 0.3) is 0 Å². The second-order valence-electron chi connectivity index (χ2n) is 6.81. The Balaban J connectivity index is 1.37. The van der Waals surface area contributed by atoms with Crippen molar-refractivity contribution in [2.45, 2.75) is 38.9 Å². The number of rotatable bonds is 7. The zero-order chi connectivity index (χ0) is 18.9. The predicted molar refractivity (Wildman–Crippen MR) is 106 cm³/mol. The van der Waals surface area contributed by atoms with Crippen molar-refractivity contribution in [3.8, 4) is 5.75 Å². The van der Waals surface area contributed by atoms with E-state index in [1.165, 1.54) is 5.56 Å². The smallest absolute Gasteiger partial charge is 0.315 e. The zero-order valence-corrected chi connectivity index (χ0v) is 15.9. The molecule has 0 atom stereocenters. The van der Waals surface area contributed by atoms with E-state index in [1.54, 1.807) is 0 Å². The van der Waals surface area contributed by atoms with Gasteiger partial charge in [-0.15, -0.1) is 0 Å². The molecule has 0 spiro atoms. The fourth-order valence-corrected chi connectivity index (χ4v) is 3.31. The van der Waals surface area contributed by atoms with E-state index in [-0.39, 0.29) is 12.1 Å². The molecule has 3 rings (SSSR count). The van der Waals surface area contributed by atoms with Gasteiger partial charge in [0.1, 0.15) is 5.75 Å². The summed E-state index contributed by atoms with van der Waals surface area (Å²) in [6.45, 7) is 6.01. The average Bonchev–Trinajstić information content (AvgIpc) is 2.69. The number of amides is 2. The van der Waals surface area contributed by atoms with Crippen LogP contribution >= 0.6 is 0 Å². The van der Waals surface area contributed by atoms with Crippen molar-refractivity contribution in [1.82, 2.24) is 20.5 Å². The van der Waals surface area contributed by atoms with E-state index >= 15 is 0 Å². The van der Waals surface area contributed by atoms with E-state index in [0.29, 0.717) is 13.2 Å². The van der Waals surface area contributed by atoms with Crippen molar-refractivity contribution in [3.05, 3.63) is 59.9 Å². The molecule has 1 aromatic carbocycles. The Labute approximate surface area is 160 Å². The maximum absolute atomic E-state index is 12.2. The topological polar surface area (TPSA) is 66.5 Å². The van der Waals surface area contributed by atoms with Gasteiger partial charge < -0.3 is 15.4 Å². The van der Waals surface area contributed by atoms with E-state index in [9.17, 15) is 4.79 Å². The van der Waals surface area contributed by atoms with Crippen LogP contribution in [0.25, 0.3) is 0 Å². The minimum absolute atomic E-state index is 0.107. The summed E-state index contributed by atoms with van der Waals surface area (Å²) in [5.74, 6) is 0.832. The van der Waals surface area contributed by atoms with E-state index in [0.717, 1.165) is 43.8 Å². The number of urea groups is 1. The van der Waals surface area contributed by atoms with Gasteiger partial charge in [-0.05, 0) is 55.2 Å². The normalized spacial score (nSPS) is 15.3. The van der Waals surface area contributed by atoms with Gasteiger partial charge in [-0.3, -0.25) is 9.88 Å². The van der Waals surface area contributed by atoms with Crippen LogP contribution in [0, 0.1) is 0 Å². The first kappa shape index (κ1) is 19.2. The molecule has 2 amide bonds. The number of hydrogen-bond acceptors (Lipinski definition) is 4. The molecule has 1 aliphatic heterocycles. The number of pyridine rings is 1. The van der Waals surface area contributed by atoms with Crippen molar-refractivity contribution in [2.75, 3.05) is 19.7 Å². The molecule has 6 nitrogen and oxygen atoms in total. The van der Waals surface area contributed by atoms with Gasteiger partial charge >= 0.3 is 6.03 Å². The number of ether oxygens (including phenoxy) is 1. The lowest BCUT2D eigenvalue weighted by Gasteiger charge is -2.32. The monoisotopic (exact) mass is 368 g/mol. The van der Waals surface area contributed by atoms with Crippen LogP contribution in [0.2, 0.25) is 0 Å². The van der Waals surface area contributed by atoms with Crippen LogP contribution in [0.4, 0.5) is 4.79 Å². The summed E-state index contributed by atoms with van der Waals surface area (Å²) in [5.41, 5.74) is 2.31. The molecule has 2 heterocycles. The Morgan fingerprint density at radius 3 is 2.70 bits per heavy atom. The third-order valence-electron chi connectivity index (χ3n) is 4.74. The maximum atomic E-state index is 12.2. The number of likely N-dealkylation sites (tertiary alicyclic amines) is 1. The lowest BCUT2D eigenvalue weighted by atomic mass is 10.0. The molecule has 1 aromatic heterocycles. The summed E-state index contributed by atoms with van der Waals surface area (Å²) in [5, 5.41) is 6.04. The number of carbonyl (C=O) groups excluding carboxylic acids is 1. The largest absolute Gasteiger partial charge is 0.494 e. The summed E-state index contributed by atoms with van der Waals surface area (Å²) in [4.78, 5) is 18.7. The first-order chi connectivity index (χ1) is 13.2. The van der Waals surface area contributed by atoms with Gasteiger partial charge in [0.05, 0.1) is 6.61 Å². The Hall–Kier alpha value is -2.60. The van der Waals surface area contributed by atoms with Crippen molar-refractivity contribution >= 4 is 6.03 Å². The first-order valence-electron chi connectivity index (χ1n) is 9.60. The highest BCUT2D eigenvalue weighted by Crippen LogP contribution is 2.14. The van der Waals surface area contributed by atoms with Gasteiger partial charge in [0.15, 0.2) is 0 Å². The second kappa shape index (κ2) is 9.92. The van der Waals surface area contributed by atoms with E-state index in [1.807, 2.05) is 43.6 Å². The van der Waals surface area contributed by atoms with Crippen LogP contribution in [-0.2, 0) is 13.1 Å². The summed E-state index contributed by atoms with van der Waals surface area (Å²) in [6.07, 6.45) is 5.60. The van der Waals surface area contributed by atoms with Gasteiger partial charge in [-0.25, -0.2) is 4.79 Å². The average molecular weight is 368 g/mol. The Morgan fingerprint density at radius 2 is 1.96 bits per heavy atom. The molecule has 1 fully saturated rings. The molecule has 0 radical (unpaired) electrons. The van der Waals surface area contributed by atoms with Crippen LogP contribution < -0.4 is 15.4 Å². The molecule has 1 saturated heterocycles. The Kier molecular flexibility index (Phi) is 7.04. The molecule has 0 bridgehead atoms. The number of benzene rings is 1. The van der Waals surface area contributed by atoms with Gasteiger partial charge in [0, 0.05) is 44.6 Å². The minimum atomic E-state index is -0.107. The highest BCUT2D eigenvalue weighted by molar-refractivity contribution is 5.74. The van der Waals surface area contributed by atoms with Crippen LogP contribution in [0.3, 0.4) is 0 Å². The number of aromatic nitrogens is 1. The van der Waals surface area contributed by atoms with E-state index in [2.05, 4.69) is 32.7 Å². The standard InChI is InChI=1S/C21H28N4O2/c1-2-27-20-5-3-4-18(14-20)15-23-21(26)24-19-8-12-25(13-9-19)16-17-6-10-22-11-7-17/h3-7,10-11,14,19H,2,8-9,12-13,15-16H2,1H3,(H2,23,24,26). The summed E-state index contributed by atoms with van der Waals surface area (Å²) < 4.78 is 5.49. The molecule has 0 aliphatic carbocycles. The zero-order valence-electron chi connectivity index (χ0n) is 15.9. The molecule has 144 valence electrons. The number of hydrogen-bond donors (Lipinski definition) is 2. The van der Waals surface area contributed by atoms with E-state index < -0.39 is 0 Å². The summed E-state index contributed by atoms with van der Waals surface area (Å²) >= 11 is 0. The van der Waals surface area contributed by atoms with Crippen LogP contribution in [0.15, 0.2) is 48.8 Å². The second-order valence-corrected chi connectivity index (χ2v) is 6.81. The van der Waals surface area contributed by atoms with Gasteiger partial charge in [-0.2, -0.15) is 0 Å². The van der Waals surface area contributed by atoms with Crippen LogP contribution in [0.5, 0.6) is 5.75 Å². The van der Waals surface area contributed by atoms with Crippen molar-refractivity contribution in [1.29, 1.82) is 0 Å². The SMILES string of the molecule is CCOc1cccc(CNC(=O)NC2CCN(Cc3ccncc3)CC2)c1. The Morgan fingerprint density at radius 1 is 1.19 bits per heavy atom.